The topological polar surface area (TPSA) is 52.6 Å². The van der Waals surface area contributed by atoms with Crippen LogP contribution in [-0.2, 0) is 9.47 Å². The van der Waals surface area contributed by atoms with E-state index >= 15 is 0 Å². The molecular formula is C14H17BrO4. The largest absolute Gasteiger partial charge is 0.462 e. The number of rotatable bonds is 5. The van der Waals surface area contributed by atoms with Crippen molar-refractivity contribution in [3.05, 3.63) is 33.8 Å². The quantitative estimate of drug-likeness (QED) is 0.777. The van der Waals surface area contributed by atoms with Crippen LogP contribution in [0.4, 0.5) is 0 Å². The Morgan fingerprint density at radius 1 is 1.21 bits per heavy atom. The second kappa shape index (κ2) is 7.28. The smallest absolute Gasteiger partial charge is 0.340 e. The molecule has 0 radical (unpaired) electrons. The van der Waals surface area contributed by atoms with Gasteiger partial charge in [-0.25, -0.2) is 9.59 Å². The van der Waals surface area contributed by atoms with Gasteiger partial charge in [0.15, 0.2) is 0 Å². The van der Waals surface area contributed by atoms with Gasteiger partial charge in [0.25, 0.3) is 0 Å². The van der Waals surface area contributed by atoms with Crippen molar-refractivity contribution in [2.75, 3.05) is 13.2 Å². The first-order valence-electron chi connectivity index (χ1n) is 6.10. The Labute approximate surface area is 121 Å². The molecule has 0 aliphatic carbocycles. The van der Waals surface area contributed by atoms with Gasteiger partial charge in [-0.3, -0.25) is 0 Å². The van der Waals surface area contributed by atoms with Crippen LogP contribution in [0.1, 0.15) is 41.5 Å². The lowest BCUT2D eigenvalue weighted by Crippen LogP contribution is -2.16. The van der Waals surface area contributed by atoms with Crippen LogP contribution in [0.2, 0.25) is 0 Å². The Hall–Kier alpha value is -1.36. The summed E-state index contributed by atoms with van der Waals surface area (Å²) in [5.41, 5.74) is 0.423. The van der Waals surface area contributed by atoms with E-state index in [0.717, 1.165) is 0 Å². The minimum Gasteiger partial charge on any atom is -0.462 e. The summed E-state index contributed by atoms with van der Waals surface area (Å²) in [5, 5.41) is 0. The highest BCUT2D eigenvalue weighted by molar-refractivity contribution is 9.10. The van der Waals surface area contributed by atoms with E-state index in [2.05, 4.69) is 15.9 Å². The van der Waals surface area contributed by atoms with Gasteiger partial charge in [-0.05, 0) is 40.9 Å². The number of hydrogen-bond acceptors (Lipinski definition) is 4. The minimum atomic E-state index is -0.528. The third-order valence-corrected chi connectivity index (χ3v) is 2.92. The number of esters is 2. The molecule has 0 fully saturated rings. The molecule has 5 heteroatoms. The summed E-state index contributed by atoms with van der Waals surface area (Å²) < 4.78 is 10.6. The average Bonchev–Trinajstić information content (AvgIpc) is 2.35. The maximum atomic E-state index is 12.0. The minimum absolute atomic E-state index is 0.210. The summed E-state index contributed by atoms with van der Waals surface area (Å²) in [5.74, 6) is -0.818. The van der Waals surface area contributed by atoms with Crippen LogP contribution in [0.5, 0.6) is 0 Å². The van der Waals surface area contributed by atoms with Gasteiger partial charge in [0.2, 0.25) is 0 Å². The Bertz CT molecular complexity index is 469. The van der Waals surface area contributed by atoms with Gasteiger partial charge in [-0.2, -0.15) is 0 Å². The Morgan fingerprint density at radius 2 is 1.89 bits per heavy atom. The summed E-state index contributed by atoms with van der Waals surface area (Å²) in [6, 6.07) is 4.92. The zero-order chi connectivity index (χ0) is 14.4. The van der Waals surface area contributed by atoms with Crippen LogP contribution < -0.4 is 0 Å². The molecule has 0 amide bonds. The van der Waals surface area contributed by atoms with Gasteiger partial charge in [0.1, 0.15) is 0 Å². The molecule has 0 aliphatic rings. The number of carbonyl (C=O) groups is 2. The predicted octanol–water partition coefficient (Wildman–Crippen LogP) is 3.44. The van der Waals surface area contributed by atoms with Crippen molar-refractivity contribution in [1.82, 2.24) is 0 Å². The highest BCUT2D eigenvalue weighted by Crippen LogP contribution is 2.22. The molecular weight excluding hydrogens is 312 g/mol. The van der Waals surface area contributed by atoms with Crippen LogP contribution >= 0.6 is 15.9 Å². The lowest BCUT2D eigenvalue weighted by atomic mass is 10.1. The summed E-state index contributed by atoms with van der Waals surface area (Å²) >= 11 is 3.27. The summed E-state index contributed by atoms with van der Waals surface area (Å²) in [6.45, 7) is 6.17. The van der Waals surface area contributed by atoms with E-state index in [4.69, 9.17) is 9.47 Å². The second-order valence-corrected chi connectivity index (χ2v) is 5.23. The van der Waals surface area contributed by atoms with Crippen molar-refractivity contribution in [2.24, 2.45) is 5.92 Å². The van der Waals surface area contributed by atoms with Crippen molar-refractivity contribution in [1.29, 1.82) is 0 Å². The van der Waals surface area contributed by atoms with Crippen LogP contribution in [0.3, 0.4) is 0 Å². The van der Waals surface area contributed by atoms with E-state index in [1.165, 1.54) is 0 Å². The Kier molecular flexibility index (Phi) is 6.02. The van der Waals surface area contributed by atoms with E-state index in [0.29, 0.717) is 11.1 Å². The summed E-state index contributed by atoms with van der Waals surface area (Å²) in [4.78, 5) is 23.8. The van der Waals surface area contributed by atoms with Crippen LogP contribution in [0.15, 0.2) is 22.7 Å². The fraction of sp³-hybridized carbons (Fsp3) is 0.429. The van der Waals surface area contributed by atoms with E-state index in [9.17, 15) is 9.59 Å². The molecule has 0 saturated carbocycles. The normalized spacial score (nSPS) is 10.4. The van der Waals surface area contributed by atoms with Crippen LogP contribution in [0, 0.1) is 5.92 Å². The maximum absolute atomic E-state index is 12.0. The van der Waals surface area contributed by atoms with Crippen LogP contribution in [0.25, 0.3) is 0 Å². The van der Waals surface area contributed by atoms with Crippen molar-refractivity contribution in [3.8, 4) is 0 Å². The van der Waals surface area contributed by atoms with E-state index in [1.54, 1.807) is 25.1 Å². The van der Waals surface area contributed by atoms with Gasteiger partial charge in [0, 0.05) is 4.47 Å². The fourth-order valence-corrected chi connectivity index (χ4v) is 1.95. The number of ether oxygens (including phenoxy) is 2. The number of halogens is 1. The van der Waals surface area contributed by atoms with Crippen molar-refractivity contribution in [3.63, 3.8) is 0 Å². The first-order chi connectivity index (χ1) is 8.97. The molecule has 0 aliphatic heterocycles. The van der Waals surface area contributed by atoms with Gasteiger partial charge in [0.05, 0.1) is 24.3 Å². The molecule has 0 N–H and O–H groups in total. The lowest BCUT2D eigenvalue weighted by molar-refractivity contribution is 0.0433. The molecule has 0 aromatic heterocycles. The summed E-state index contributed by atoms with van der Waals surface area (Å²) in [6.07, 6.45) is 0. The number of hydrogen-bond donors (Lipinski definition) is 0. The third kappa shape index (κ3) is 4.35. The summed E-state index contributed by atoms with van der Waals surface area (Å²) in [7, 11) is 0. The molecule has 19 heavy (non-hydrogen) atoms. The molecule has 0 spiro atoms. The monoisotopic (exact) mass is 328 g/mol. The van der Waals surface area contributed by atoms with E-state index < -0.39 is 11.9 Å². The number of carbonyl (C=O) groups excluding carboxylic acids is 2. The molecule has 1 rings (SSSR count). The zero-order valence-electron chi connectivity index (χ0n) is 11.2. The SMILES string of the molecule is CCOC(=O)c1cccc(Br)c1C(=O)OCC(C)C. The van der Waals surface area contributed by atoms with Crippen molar-refractivity contribution in [2.45, 2.75) is 20.8 Å². The Balaban J connectivity index is 3.04. The Morgan fingerprint density at radius 3 is 2.47 bits per heavy atom. The molecule has 4 nitrogen and oxygen atoms in total. The molecule has 0 unspecified atom stereocenters. The zero-order valence-corrected chi connectivity index (χ0v) is 12.8. The average molecular weight is 329 g/mol. The molecule has 0 atom stereocenters. The second-order valence-electron chi connectivity index (χ2n) is 4.38. The predicted molar refractivity (Wildman–Crippen MR) is 75.2 cm³/mol. The number of benzene rings is 1. The fourth-order valence-electron chi connectivity index (χ4n) is 1.43. The molecule has 0 heterocycles. The molecule has 1 aromatic rings. The molecule has 1 aromatic carbocycles. The van der Waals surface area contributed by atoms with E-state index in [1.807, 2.05) is 13.8 Å². The standard InChI is InChI=1S/C14H17BrO4/c1-4-18-13(16)10-6-5-7-11(15)12(10)14(17)19-8-9(2)3/h5-7,9H,4,8H2,1-3H3. The van der Waals surface area contributed by atoms with Crippen molar-refractivity contribution < 1.29 is 19.1 Å². The van der Waals surface area contributed by atoms with Gasteiger partial charge in [-0.15, -0.1) is 0 Å². The maximum Gasteiger partial charge on any atom is 0.340 e. The van der Waals surface area contributed by atoms with Gasteiger partial charge >= 0.3 is 11.9 Å². The first-order valence-corrected chi connectivity index (χ1v) is 6.89. The van der Waals surface area contributed by atoms with Gasteiger partial charge < -0.3 is 9.47 Å². The van der Waals surface area contributed by atoms with Crippen LogP contribution in [-0.4, -0.2) is 25.2 Å². The molecule has 104 valence electrons. The lowest BCUT2D eigenvalue weighted by Gasteiger charge is -2.11. The van der Waals surface area contributed by atoms with E-state index in [-0.39, 0.29) is 23.7 Å². The highest BCUT2D eigenvalue weighted by Gasteiger charge is 2.22. The van der Waals surface area contributed by atoms with Crippen molar-refractivity contribution >= 4 is 27.9 Å². The molecule has 0 bridgehead atoms. The highest BCUT2D eigenvalue weighted by atomic mass is 79.9. The molecule has 0 saturated heterocycles. The van der Waals surface area contributed by atoms with Gasteiger partial charge in [-0.1, -0.05) is 19.9 Å². The first kappa shape index (κ1) is 15.7. The third-order valence-electron chi connectivity index (χ3n) is 2.26.